The molecule has 0 bridgehead atoms. The molecule has 2 atom stereocenters. The van der Waals surface area contributed by atoms with Crippen molar-refractivity contribution in [1.29, 1.82) is 0 Å². The third-order valence-electron chi connectivity index (χ3n) is 5.23. The highest BCUT2D eigenvalue weighted by atomic mass is 16.5. The standard InChI is InChI=1S/C15H26N4O/c1-3-20-13-10-12(15(13)7-4-5-8-15)16-9-6-14-18-17-11-19(14)2/h11-13,16H,3-10H2,1-2H3. The van der Waals surface area contributed by atoms with Crippen molar-refractivity contribution in [1.82, 2.24) is 20.1 Å². The lowest BCUT2D eigenvalue weighted by atomic mass is 9.60. The summed E-state index contributed by atoms with van der Waals surface area (Å²) >= 11 is 0. The summed E-state index contributed by atoms with van der Waals surface area (Å²) < 4.78 is 7.95. The van der Waals surface area contributed by atoms with Crippen molar-refractivity contribution in [2.75, 3.05) is 13.2 Å². The van der Waals surface area contributed by atoms with E-state index in [1.165, 1.54) is 32.1 Å². The molecule has 5 heteroatoms. The SMILES string of the molecule is CCOC1CC(NCCc2nncn2C)C12CCCC2. The summed E-state index contributed by atoms with van der Waals surface area (Å²) in [6.45, 7) is 3.94. The Morgan fingerprint density at radius 1 is 1.45 bits per heavy atom. The van der Waals surface area contributed by atoms with E-state index in [4.69, 9.17) is 4.74 Å². The Morgan fingerprint density at radius 2 is 2.25 bits per heavy atom. The topological polar surface area (TPSA) is 52.0 Å². The molecule has 1 N–H and O–H groups in total. The maximum atomic E-state index is 5.95. The number of hydrogen-bond acceptors (Lipinski definition) is 4. The fourth-order valence-corrected chi connectivity index (χ4v) is 4.06. The van der Waals surface area contributed by atoms with Gasteiger partial charge in [-0.3, -0.25) is 0 Å². The Hall–Kier alpha value is -0.940. The van der Waals surface area contributed by atoms with Crippen LogP contribution in [0.3, 0.4) is 0 Å². The molecule has 3 rings (SSSR count). The molecule has 0 saturated heterocycles. The Bertz CT molecular complexity index is 439. The van der Waals surface area contributed by atoms with Crippen molar-refractivity contribution < 1.29 is 4.74 Å². The largest absolute Gasteiger partial charge is 0.378 e. The van der Waals surface area contributed by atoms with Gasteiger partial charge in [0.25, 0.3) is 0 Å². The predicted octanol–water partition coefficient (Wildman–Crippen LogP) is 1.68. The number of nitrogens with one attached hydrogen (secondary N) is 1. The minimum absolute atomic E-state index is 0.426. The Kier molecular flexibility index (Phi) is 4.08. The van der Waals surface area contributed by atoms with E-state index in [-0.39, 0.29) is 0 Å². The fraction of sp³-hybridized carbons (Fsp3) is 0.867. The second-order valence-corrected chi connectivity index (χ2v) is 6.23. The van der Waals surface area contributed by atoms with Gasteiger partial charge in [0, 0.05) is 38.1 Å². The molecule has 1 spiro atoms. The van der Waals surface area contributed by atoms with Crippen LogP contribution in [0.4, 0.5) is 0 Å². The van der Waals surface area contributed by atoms with Gasteiger partial charge in [-0.1, -0.05) is 12.8 Å². The first-order valence-electron chi connectivity index (χ1n) is 7.94. The normalized spacial score (nSPS) is 27.9. The zero-order valence-corrected chi connectivity index (χ0v) is 12.6. The van der Waals surface area contributed by atoms with Gasteiger partial charge in [0.1, 0.15) is 12.2 Å². The molecule has 5 nitrogen and oxygen atoms in total. The zero-order valence-electron chi connectivity index (χ0n) is 12.6. The number of rotatable bonds is 6. The molecule has 1 aromatic rings. The molecule has 0 aliphatic heterocycles. The molecule has 20 heavy (non-hydrogen) atoms. The maximum Gasteiger partial charge on any atom is 0.133 e. The van der Waals surface area contributed by atoms with Crippen LogP contribution in [0.2, 0.25) is 0 Å². The van der Waals surface area contributed by atoms with Crippen molar-refractivity contribution in [3.8, 4) is 0 Å². The van der Waals surface area contributed by atoms with Gasteiger partial charge < -0.3 is 14.6 Å². The quantitative estimate of drug-likeness (QED) is 0.860. The Morgan fingerprint density at radius 3 is 2.90 bits per heavy atom. The van der Waals surface area contributed by atoms with Gasteiger partial charge >= 0.3 is 0 Å². The highest BCUT2D eigenvalue weighted by Gasteiger charge is 2.56. The van der Waals surface area contributed by atoms with Gasteiger partial charge in [-0.2, -0.15) is 0 Å². The minimum Gasteiger partial charge on any atom is -0.378 e. The average molecular weight is 278 g/mol. The molecule has 2 aliphatic carbocycles. The van der Waals surface area contributed by atoms with Gasteiger partial charge in [-0.15, -0.1) is 10.2 Å². The Labute approximate surface area is 121 Å². The molecule has 1 aromatic heterocycles. The van der Waals surface area contributed by atoms with Gasteiger partial charge in [-0.25, -0.2) is 0 Å². The van der Waals surface area contributed by atoms with E-state index < -0.39 is 0 Å². The van der Waals surface area contributed by atoms with Crippen LogP contribution in [0.15, 0.2) is 6.33 Å². The van der Waals surface area contributed by atoms with Gasteiger partial charge in [0.2, 0.25) is 0 Å². The first kappa shape index (κ1) is 14.0. The van der Waals surface area contributed by atoms with Crippen molar-refractivity contribution >= 4 is 0 Å². The lowest BCUT2D eigenvalue weighted by molar-refractivity contribution is -0.130. The maximum absolute atomic E-state index is 5.95. The van der Waals surface area contributed by atoms with Gasteiger partial charge in [-0.05, 0) is 26.2 Å². The molecule has 1 heterocycles. The van der Waals surface area contributed by atoms with Gasteiger partial charge in [0.15, 0.2) is 0 Å². The molecule has 2 saturated carbocycles. The summed E-state index contributed by atoms with van der Waals surface area (Å²) in [5.41, 5.74) is 0.426. The minimum atomic E-state index is 0.426. The monoisotopic (exact) mass is 278 g/mol. The summed E-state index contributed by atoms with van der Waals surface area (Å²) in [5.74, 6) is 1.05. The fourth-order valence-electron chi connectivity index (χ4n) is 4.06. The van der Waals surface area contributed by atoms with Crippen LogP contribution in [0.25, 0.3) is 0 Å². The average Bonchev–Trinajstić information content (AvgIpc) is 3.08. The van der Waals surface area contributed by atoms with Crippen LogP contribution in [0, 0.1) is 5.41 Å². The highest BCUT2D eigenvalue weighted by molar-refractivity contribution is 5.10. The number of ether oxygens (including phenoxy) is 1. The zero-order chi connectivity index (χ0) is 14.0. The number of aromatic nitrogens is 3. The number of nitrogens with zero attached hydrogens (tertiary/aromatic N) is 3. The number of hydrogen-bond donors (Lipinski definition) is 1. The molecule has 0 radical (unpaired) electrons. The first-order chi connectivity index (χ1) is 9.76. The molecule has 2 fully saturated rings. The third kappa shape index (κ3) is 2.37. The molecule has 0 aromatic carbocycles. The number of aryl methyl sites for hydroxylation is 1. The van der Waals surface area contributed by atoms with Crippen LogP contribution < -0.4 is 5.32 Å². The van der Waals surface area contributed by atoms with Crippen molar-refractivity contribution in [2.24, 2.45) is 12.5 Å². The summed E-state index contributed by atoms with van der Waals surface area (Å²) in [7, 11) is 2.00. The van der Waals surface area contributed by atoms with Crippen LogP contribution >= 0.6 is 0 Å². The lowest BCUT2D eigenvalue weighted by Gasteiger charge is -2.54. The third-order valence-corrected chi connectivity index (χ3v) is 5.23. The summed E-state index contributed by atoms with van der Waals surface area (Å²) in [6, 6.07) is 0.634. The molecular weight excluding hydrogens is 252 g/mol. The van der Waals surface area contributed by atoms with E-state index in [2.05, 4.69) is 22.4 Å². The van der Waals surface area contributed by atoms with Crippen LogP contribution in [-0.4, -0.2) is 40.1 Å². The van der Waals surface area contributed by atoms with Crippen LogP contribution in [0.5, 0.6) is 0 Å². The highest BCUT2D eigenvalue weighted by Crippen LogP contribution is 2.54. The molecule has 2 unspecified atom stereocenters. The predicted molar refractivity (Wildman–Crippen MR) is 77.4 cm³/mol. The van der Waals surface area contributed by atoms with E-state index >= 15 is 0 Å². The van der Waals surface area contributed by atoms with Crippen LogP contribution in [0.1, 0.15) is 44.9 Å². The lowest BCUT2D eigenvalue weighted by Crippen LogP contribution is -2.62. The van der Waals surface area contributed by atoms with E-state index in [9.17, 15) is 0 Å². The Balaban J connectivity index is 1.52. The summed E-state index contributed by atoms with van der Waals surface area (Å²) in [6.07, 6.45) is 9.77. The first-order valence-corrected chi connectivity index (χ1v) is 7.94. The molecule has 2 aliphatic rings. The van der Waals surface area contributed by atoms with Crippen LogP contribution in [-0.2, 0) is 18.2 Å². The molecule has 0 amide bonds. The smallest absolute Gasteiger partial charge is 0.133 e. The summed E-state index contributed by atoms with van der Waals surface area (Å²) in [4.78, 5) is 0. The van der Waals surface area contributed by atoms with E-state index in [0.29, 0.717) is 17.6 Å². The van der Waals surface area contributed by atoms with Crippen molar-refractivity contribution in [3.63, 3.8) is 0 Å². The van der Waals surface area contributed by atoms with Gasteiger partial charge in [0.05, 0.1) is 6.10 Å². The second-order valence-electron chi connectivity index (χ2n) is 6.23. The summed E-state index contributed by atoms with van der Waals surface area (Å²) in [5, 5.41) is 11.8. The van der Waals surface area contributed by atoms with E-state index in [1.54, 1.807) is 6.33 Å². The van der Waals surface area contributed by atoms with Crippen molar-refractivity contribution in [3.05, 3.63) is 12.2 Å². The van der Waals surface area contributed by atoms with E-state index in [0.717, 1.165) is 25.4 Å². The molecular formula is C15H26N4O. The van der Waals surface area contributed by atoms with E-state index in [1.807, 2.05) is 11.6 Å². The van der Waals surface area contributed by atoms with Crippen molar-refractivity contribution in [2.45, 2.75) is 57.6 Å². The second kappa shape index (κ2) is 5.82. The molecule has 112 valence electrons.